The smallest absolute Gasteiger partial charge is 0.146 e. The summed E-state index contributed by atoms with van der Waals surface area (Å²) in [4.78, 5) is 0. The molecule has 0 bridgehead atoms. The van der Waals surface area contributed by atoms with Crippen LogP contribution in [0.3, 0.4) is 0 Å². The summed E-state index contributed by atoms with van der Waals surface area (Å²) >= 11 is 5.80. The van der Waals surface area contributed by atoms with E-state index < -0.39 is 0 Å². The molecule has 0 spiro atoms. The molecule has 0 aromatic heterocycles. The fourth-order valence-electron chi connectivity index (χ4n) is 1.98. The van der Waals surface area contributed by atoms with Gasteiger partial charge in [0.1, 0.15) is 5.82 Å². The van der Waals surface area contributed by atoms with Gasteiger partial charge in [0.15, 0.2) is 0 Å². The highest BCUT2D eigenvalue weighted by Gasteiger charge is 2.24. The van der Waals surface area contributed by atoms with E-state index in [1.54, 1.807) is 6.07 Å². The molecule has 0 radical (unpaired) electrons. The van der Waals surface area contributed by atoms with Crippen LogP contribution in [-0.4, -0.2) is 12.1 Å². The summed E-state index contributed by atoms with van der Waals surface area (Å²) in [5, 5.41) is 3.65. The van der Waals surface area contributed by atoms with Gasteiger partial charge in [-0.2, -0.15) is 0 Å². The number of rotatable bonds is 2. The first kappa shape index (κ1) is 10.7. The van der Waals surface area contributed by atoms with Crippen molar-refractivity contribution in [1.29, 1.82) is 0 Å². The molecular formula is C11H14ClFN2. The highest BCUT2D eigenvalue weighted by molar-refractivity contribution is 6.30. The van der Waals surface area contributed by atoms with Gasteiger partial charge in [-0.05, 0) is 37.5 Å². The standard InChI is InChI=1S/C11H14ClFN2/c12-7-4-5-8(13)11(6-7)15-10-3-1-2-9(10)14/h4-6,9-10,15H,1-3,14H2. The van der Waals surface area contributed by atoms with E-state index >= 15 is 0 Å². The minimum atomic E-state index is -0.279. The van der Waals surface area contributed by atoms with E-state index in [1.807, 2.05) is 0 Å². The Morgan fingerprint density at radius 1 is 1.40 bits per heavy atom. The summed E-state index contributed by atoms with van der Waals surface area (Å²) in [6, 6.07) is 4.78. The van der Waals surface area contributed by atoms with E-state index in [-0.39, 0.29) is 17.9 Å². The third-order valence-corrected chi connectivity index (χ3v) is 3.07. The van der Waals surface area contributed by atoms with Crippen LogP contribution in [0.1, 0.15) is 19.3 Å². The van der Waals surface area contributed by atoms with Gasteiger partial charge in [-0.1, -0.05) is 11.6 Å². The fraction of sp³-hybridized carbons (Fsp3) is 0.455. The van der Waals surface area contributed by atoms with Crippen molar-refractivity contribution in [3.63, 3.8) is 0 Å². The maximum absolute atomic E-state index is 13.4. The first-order chi connectivity index (χ1) is 7.16. The van der Waals surface area contributed by atoms with Crippen molar-refractivity contribution < 1.29 is 4.39 Å². The Morgan fingerprint density at radius 2 is 2.20 bits per heavy atom. The molecule has 2 atom stereocenters. The monoisotopic (exact) mass is 228 g/mol. The molecule has 0 saturated heterocycles. The minimum absolute atomic E-state index is 0.114. The average Bonchev–Trinajstić information content (AvgIpc) is 2.58. The third-order valence-electron chi connectivity index (χ3n) is 2.84. The zero-order chi connectivity index (χ0) is 10.8. The maximum Gasteiger partial charge on any atom is 0.146 e. The van der Waals surface area contributed by atoms with Crippen molar-refractivity contribution in [2.75, 3.05) is 5.32 Å². The van der Waals surface area contributed by atoms with Crippen LogP contribution in [0.25, 0.3) is 0 Å². The van der Waals surface area contributed by atoms with E-state index in [4.69, 9.17) is 17.3 Å². The van der Waals surface area contributed by atoms with Crippen LogP contribution >= 0.6 is 11.6 Å². The largest absolute Gasteiger partial charge is 0.378 e. The average molecular weight is 229 g/mol. The number of anilines is 1. The second-order valence-corrected chi connectivity index (χ2v) is 4.41. The molecule has 1 saturated carbocycles. The summed E-state index contributed by atoms with van der Waals surface area (Å²) in [6.45, 7) is 0. The topological polar surface area (TPSA) is 38.0 Å². The van der Waals surface area contributed by atoms with Gasteiger partial charge in [0.05, 0.1) is 5.69 Å². The van der Waals surface area contributed by atoms with Crippen molar-refractivity contribution >= 4 is 17.3 Å². The van der Waals surface area contributed by atoms with Crippen LogP contribution in [0.15, 0.2) is 18.2 Å². The summed E-state index contributed by atoms with van der Waals surface area (Å²) in [5.74, 6) is -0.279. The molecule has 2 nitrogen and oxygen atoms in total. The normalized spacial score (nSPS) is 25.5. The predicted molar refractivity (Wildman–Crippen MR) is 60.6 cm³/mol. The number of hydrogen-bond donors (Lipinski definition) is 2. The van der Waals surface area contributed by atoms with E-state index in [0.717, 1.165) is 19.3 Å². The minimum Gasteiger partial charge on any atom is -0.378 e. The lowest BCUT2D eigenvalue weighted by Gasteiger charge is -2.19. The Hall–Kier alpha value is -0.800. The van der Waals surface area contributed by atoms with Crippen molar-refractivity contribution in [3.8, 4) is 0 Å². The molecule has 4 heteroatoms. The molecule has 15 heavy (non-hydrogen) atoms. The second kappa shape index (κ2) is 4.37. The maximum atomic E-state index is 13.4. The van der Waals surface area contributed by atoms with Gasteiger partial charge in [-0.15, -0.1) is 0 Å². The van der Waals surface area contributed by atoms with E-state index in [2.05, 4.69) is 5.32 Å². The molecule has 1 aromatic rings. The number of nitrogens with two attached hydrogens (primary N) is 1. The Kier molecular flexibility index (Phi) is 3.12. The van der Waals surface area contributed by atoms with Crippen LogP contribution in [-0.2, 0) is 0 Å². The van der Waals surface area contributed by atoms with Gasteiger partial charge in [0.2, 0.25) is 0 Å². The SMILES string of the molecule is NC1CCCC1Nc1cc(Cl)ccc1F. The molecule has 0 aliphatic heterocycles. The van der Waals surface area contributed by atoms with Crippen molar-refractivity contribution in [2.45, 2.75) is 31.3 Å². The first-order valence-corrected chi connectivity index (χ1v) is 5.52. The fourth-order valence-corrected chi connectivity index (χ4v) is 2.15. The number of benzene rings is 1. The van der Waals surface area contributed by atoms with Gasteiger partial charge in [-0.25, -0.2) is 4.39 Å². The third kappa shape index (κ3) is 2.41. The van der Waals surface area contributed by atoms with Gasteiger partial charge >= 0.3 is 0 Å². The van der Waals surface area contributed by atoms with Gasteiger partial charge in [-0.3, -0.25) is 0 Å². The van der Waals surface area contributed by atoms with E-state index in [9.17, 15) is 4.39 Å². The molecule has 1 aromatic carbocycles. The summed E-state index contributed by atoms with van der Waals surface area (Å²) in [5.41, 5.74) is 6.35. The summed E-state index contributed by atoms with van der Waals surface area (Å²) in [7, 11) is 0. The Balaban J connectivity index is 2.12. The van der Waals surface area contributed by atoms with Gasteiger partial charge in [0, 0.05) is 17.1 Å². The molecule has 2 rings (SSSR count). The Bertz CT molecular complexity index is 356. The lowest BCUT2D eigenvalue weighted by atomic mass is 10.1. The molecule has 1 aliphatic rings. The van der Waals surface area contributed by atoms with Gasteiger partial charge < -0.3 is 11.1 Å². The highest BCUT2D eigenvalue weighted by atomic mass is 35.5. The molecule has 82 valence electrons. The zero-order valence-corrected chi connectivity index (χ0v) is 9.10. The molecule has 0 heterocycles. The second-order valence-electron chi connectivity index (χ2n) is 3.97. The summed E-state index contributed by atoms with van der Waals surface area (Å²) < 4.78 is 13.4. The van der Waals surface area contributed by atoms with Crippen LogP contribution in [0.2, 0.25) is 5.02 Å². The first-order valence-electron chi connectivity index (χ1n) is 5.14. The molecular weight excluding hydrogens is 215 g/mol. The molecule has 0 amide bonds. The molecule has 1 fully saturated rings. The zero-order valence-electron chi connectivity index (χ0n) is 8.34. The summed E-state index contributed by atoms with van der Waals surface area (Å²) in [6.07, 6.45) is 3.09. The van der Waals surface area contributed by atoms with Crippen molar-refractivity contribution in [2.24, 2.45) is 5.73 Å². The Labute approximate surface area is 93.6 Å². The van der Waals surface area contributed by atoms with Crippen LogP contribution in [0.4, 0.5) is 10.1 Å². The van der Waals surface area contributed by atoms with Gasteiger partial charge in [0.25, 0.3) is 0 Å². The number of halogens is 2. The number of nitrogens with one attached hydrogen (secondary N) is 1. The molecule has 1 aliphatic carbocycles. The number of hydrogen-bond acceptors (Lipinski definition) is 2. The molecule has 2 unspecified atom stereocenters. The van der Waals surface area contributed by atoms with Crippen LogP contribution in [0.5, 0.6) is 0 Å². The van der Waals surface area contributed by atoms with Crippen molar-refractivity contribution in [1.82, 2.24) is 0 Å². The predicted octanol–water partition coefficient (Wildman–Crippen LogP) is 2.77. The molecule has 3 N–H and O–H groups in total. The quantitative estimate of drug-likeness (QED) is 0.817. The highest BCUT2D eigenvalue weighted by Crippen LogP contribution is 2.25. The lowest BCUT2D eigenvalue weighted by Crippen LogP contribution is -2.35. The van der Waals surface area contributed by atoms with Crippen LogP contribution in [0, 0.1) is 5.82 Å². The Morgan fingerprint density at radius 3 is 2.87 bits per heavy atom. The van der Waals surface area contributed by atoms with E-state index in [0.29, 0.717) is 10.7 Å². The van der Waals surface area contributed by atoms with Crippen LogP contribution < -0.4 is 11.1 Å². The van der Waals surface area contributed by atoms with Crippen molar-refractivity contribution in [3.05, 3.63) is 29.0 Å². The van der Waals surface area contributed by atoms with E-state index in [1.165, 1.54) is 12.1 Å². The lowest BCUT2D eigenvalue weighted by molar-refractivity contribution is 0.607.